The minimum atomic E-state index is 0.431. The average Bonchev–Trinajstić information content (AvgIpc) is 2.97. The van der Waals surface area contributed by atoms with Crippen LogP contribution in [-0.2, 0) is 17.8 Å². The highest BCUT2D eigenvalue weighted by molar-refractivity contribution is 5.05. The van der Waals surface area contributed by atoms with E-state index in [1.807, 2.05) is 6.07 Å². The van der Waals surface area contributed by atoms with Gasteiger partial charge in [0.2, 0.25) is 0 Å². The van der Waals surface area contributed by atoms with Crippen LogP contribution in [0.3, 0.4) is 0 Å². The first-order chi connectivity index (χ1) is 8.36. The van der Waals surface area contributed by atoms with Crippen LogP contribution in [0.15, 0.2) is 10.6 Å². The van der Waals surface area contributed by atoms with Gasteiger partial charge < -0.3 is 15.0 Å². The number of ether oxygens (including phenoxy) is 1. The zero-order valence-electron chi connectivity index (χ0n) is 9.97. The fourth-order valence-electron chi connectivity index (χ4n) is 2.93. The van der Waals surface area contributed by atoms with E-state index in [0.717, 1.165) is 31.2 Å². The molecule has 2 aliphatic rings. The summed E-state index contributed by atoms with van der Waals surface area (Å²) in [7, 11) is 0. The van der Waals surface area contributed by atoms with Gasteiger partial charge >= 0.3 is 0 Å². The third-order valence-corrected chi connectivity index (χ3v) is 3.77. The van der Waals surface area contributed by atoms with Crippen molar-refractivity contribution in [2.24, 2.45) is 5.73 Å². The Morgan fingerprint density at radius 2 is 2.41 bits per heavy atom. The number of hydrogen-bond acceptors (Lipinski definition) is 5. The minimum absolute atomic E-state index is 0.431. The Kier molecular flexibility index (Phi) is 3.13. The van der Waals surface area contributed by atoms with Crippen LogP contribution in [0.25, 0.3) is 0 Å². The lowest BCUT2D eigenvalue weighted by atomic mass is 10.1. The molecule has 0 radical (unpaired) electrons. The maximum atomic E-state index is 5.79. The highest BCUT2D eigenvalue weighted by atomic mass is 16.5. The maximum Gasteiger partial charge on any atom is 0.151 e. The molecule has 1 aromatic heterocycles. The first-order valence-electron chi connectivity index (χ1n) is 6.37. The van der Waals surface area contributed by atoms with Crippen LogP contribution in [0.2, 0.25) is 0 Å². The van der Waals surface area contributed by atoms with E-state index in [-0.39, 0.29) is 0 Å². The molecule has 1 saturated carbocycles. The number of hydrogen-bond donors (Lipinski definition) is 1. The molecule has 0 aromatic carbocycles. The molecule has 2 N–H and O–H groups in total. The van der Waals surface area contributed by atoms with Crippen LogP contribution < -0.4 is 5.73 Å². The second kappa shape index (κ2) is 4.76. The molecular weight excluding hydrogens is 218 g/mol. The largest absolute Gasteiger partial charge is 0.375 e. The maximum absolute atomic E-state index is 5.79. The number of fused-ring (bicyclic) bond motifs is 1. The van der Waals surface area contributed by atoms with Crippen LogP contribution in [0.5, 0.6) is 0 Å². The molecule has 1 aliphatic carbocycles. The van der Waals surface area contributed by atoms with Crippen LogP contribution >= 0.6 is 0 Å². The molecule has 2 heterocycles. The van der Waals surface area contributed by atoms with Gasteiger partial charge in [0.15, 0.2) is 5.76 Å². The van der Waals surface area contributed by atoms with E-state index < -0.39 is 0 Å². The molecule has 1 aromatic rings. The molecule has 5 nitrogen and oxygen atoms in total. The molecule has 2 unspecified atom stereocenters. The van der Waals surface area contributed by atoms with Crippen molar-refractivity contribution in [3.05, 3.63) is 17.5 Å². The first-order valence-corrected chi connectivity index (χ1v) is 6.37. The topological polar surface area (TPSA) is 64.5 Å². The second-order valence-electron chi connectivity index (χ2n) is 4.87. The smallest absolute Gasteiger partial charge is 0.151 e. The lowest BCUT2D eigenvalue weighted by molar-refractivity contribution is -0.0610. The van der Waals surface area contributed by atoms with E-state index in [2.05, 4.69) is 10.1 Å². The van der Waals surface area contributed by atoms with E-state index in [1.54, 1.807) is 0 Å². The van der Waals surface area contributed by atoms with E-state index in [1.165, 1.54) is 19.3 Å². The summed E-state index contributed by atoms with van der Waals surface area (Å²) >= 11 is 0. The lowest BCUT2D eigenvalue weighted by Crippen LogP contribution is -2.47. The minimum Gasteiger partial charge on any atom is -0.375 e. The number of aromatic nitrogens is 1. The monoisotopic (exact) mass is 237 g/mol. The predicted octanol–water partition coefficient (Wildman–Crippen LogP) is 0.887. The molecular formula is C12H19N3O2. The van der Waals surface area contributed by atoms with E-state index in [0.29, 0.717) is 18.7 Å². The van der Waals surface area contributed by atoms with Crippen molar-refractivity contribution in [2.45, 2.75) is 44.5 Å². The zero-order valence-corrected chi connectivity index (χ0v) is 9.97. The van der Waals surface area contributed by atoms with Crippen molar-refractivity contribution < 1.29 is 9.26 Å². The Morgan fingerprint density at radius 1 is 1.47 bits per heavy atom. The summed E-state index contributed by atoms with van der Waals surface area (Å²) in [6, 6.07) is 2.52. The second-order valence-corrected chi connectivity index (χ2v) is 4.87. The normalized spacial score (nSPS) is 29.5. The molecule has 3 rings (SSSR count). The number of nitrogens with two attached hydrogens (primary N) is 1. The Morgan fingerprint density at radius 3 is 3.24 bits per heavy atom. The van der Waals surface area contributed by atoms with Gasteiger partial charge in [0.25, 0.3) is 0 Å². The molecule has 0 spiro atoms. The standard InChI is InChI=1S/C12H19N3O2/c13-7-9-6-10(17-14-9)8-15-4-5-16-12-3-1-2-11(12)15/h6,11-12H,1-5,7-8,13H2. The third-order valence-electron chi connectivity index (χ3n) is 3.77. The van der Waals surface area contributed by atoms with Crippen LogP contribution in [0.1, 0.15) is 30.7 Å². The summed E-state index contributed by atoms with van der Waals surface area (Å²) in [5.41, 5.74) is 6.36. The van der Waals surface area contributed by atoms with Gasteiger partial charge in [-0.3, -0.25) is 4.90 Å². The van der Waals surface area contributed by atoms with Crippen LogP contribution in [-0.4, -0.2) is 35.4 Å². The number of morpholine rings is 1. The van der Waals surface area contributed by atoms with Crippen molar-refractivity contribution in [1.82, 2.24) is 10.1 Å². The summed E-state index contributed by atoms with van der Waals surface area (Å²) in [6.07, 6.45) is 4.14. The van der Waals surface area contributed by atoms with Gasteiger partial charge in [0.05, 0.1) is 24.9 Å². The summed E-state index contributed by atoms with van der Waals surface area (Å²) in [4.78, 5) is 2.46. The van der Waals surface area contributed by atoms with E-state index >= 15 is 0 Å². The van der Waals surface area contributed by atoms with Gasteiger partial charge in [-0.05, 0) is 19.3 Å². The predicted molar refractivity (Wildman–Crippen MR) is 62.2 cm³/mol. The molecule has 5 heteroatoms. The Hall–Kier alpha value is -0.910. The molecule has 17 heavy (non-hydrogen) atoms. The van der Waals surface area contributed by atoms with Crippen molar-refractivity contribution in [3.63, 3.8) is 0 Å². The average molecular weight is 237 g/mol. The Labute approximate surface area is 101 Å². The molecule has 1 aliphatic heterocycles. The van der Waals surface area contributed by atoms with Gasteiger partial charge in [-0.15, -0.1) is 0 Å². The molecule has 0 bridgehead atoms. The SMILES string of the molecule is NCc1cc(CN2CCOC3CCCC32)on1. The van der Waals surface area contributed by atoms with E-state index in [9.17, 15) is 0 Å². The molecule has 1 saturated heterocycles. The Bertz CT molecular complexity index is 380. The summed E-state index contributed by atoms with van der Waals surface area (Å²) in [5, 5.41) is 3.93. The van der Waals surface area contributed by atoms with Crippen LogP contribution in [0.4, 0.5) is 0 Å². The highest BCUT2D eigenvalue weighted by Crippen LogP contribution is 2.30. The van der Waals surface area contributed by atoms with Crippen molar-refractivity contribution in [1.29, 1.82) is 0 Å². The molecule has 94 valence electrons. The quantitative estimate of drug-likeness (QED) is 0.845. The van der Waals surface area contributed by atoms with Gasteiger partial charge in [-0.1, -0.05) is 5.16 Å². The van der Waals surface area contributed by atoms with Gasteiger partial charge in [0, 0.05) is 25.2 Å². The van der Waals surface area contributed by atoms with Crippen molar-refractivity contribution in [3.8, 4) is 0 Å². The molecule has 0 amide bonds. The fourth-order valence-corrected chi connectivity index (χ4v) is 2.93. The third kappa shape index (κ3) is 2.22. The molecule has 2 atom stereocenters. The van der Waals surface area contributed by atoms with Crippen LogP contribution in [0, 0.1) is 0 Å². The number of rotatable bonds is 3. The van der Waals surface area contributed by atoms with Crippen molar-refractivity contribution >= 4 is 0 Å². The van der Waals surface area contributed by atoms with Gasteiger partial charge in [-0.25, -0.2) is 0 Å². The lowest BCUT2D eigenvalue weighted by Gasteiger charge is -2.36. The Balaban J connectivity index is 1.67. The molecule has 2 fully saturated rings. The van der Waals surface area contributed by atoms with E-state index in [4.69, 9.17) is 15.0 Å². The highest BCUT2D eigenvalue weighted by Gasteiger charge is 2.36. The van der Waals surface area contributed by atoms with Gasteiger partial charge in [0.1, 0.15) is 0 Å². The zero-order chi connectivity index (χ0) is 11.7. The summed E-state index contributed by atoms with van der Waals surface area (Å²) < 4.78 is 11.1. The van der Waals surface area contributed by atoms with Gasteiger partial charge in [-0.2, -0.15) is 0 Å². The fraction of sp³-hybridized carbons (Fsp3) is 0.750. The first kappa shape index (κ1) is 11.2. The van der Waals surface area contributed by atoms with Crippen molar-refractivity contribution in [2.75, 3.05) is 13.2 Å². The number of nitrogens with zero attached hydrogens (tertiary/aromatic N) is 2. The summed E-state index contributed by atoms with van der Waals surface area (Å²) in [5.74, 6) is 0.915. The summed E-state index contributed by atoms with van der Waals surface area (Å²) in [6.45, 7) is 3.09.